The number of aliphatic hydroxyl groups excluding tert-OH is 1. The summed E-state index contributed by atoms with van der Waals surface area (Å²) < 4.78 is 0.946. The van der Waals surface area contributed by atoms with Gasteiger partial charge in [-0.15, -0.1) is 11.3 Å². The van der Waals surface area contributed by atoms with Gasteiger partial charge < -0.3 is 26.1 Å². The maximum atomic E-state index is 12.6. The van der Waals surface area contributed by atoms with E-state index >= 15 is 0 Å². The monoisotopic (exact) mass is 501 g/mol. The van der Waals surface area contributed by atoms with E-state index in [-0.39, 0.29) is 35.2 Å². The minimum absolute atomic E-state index is 0.00759. The van der Waals surface area contributed by atoms with Crippen LogP contribution < -0.4 is 21.0 Å². The van der Waals surface area contributed by atoms with Gasteiger partial charge in [-0.05, 0) is 45.3 Å². The molecule has 4 aromatic rings. The molecule has 5 N–H and O–H groups in total. The number of carbonyl (C=O) groups is 2. The summed E-state index contributed by atoms with van der Waals surface area (Å²) in [6.07, 6.45) is 1.33. The summed E-state index contributed by atoms with van der Waals surface area (Å²) >= 11 is 7.31. The van der Waals surface area contributed by atoms with Crippen LogP contribution in [0, 0.1) is 0 Å². The van der Waals surface area contributed by atoms with Crippen LogP contribution in [-0.2, 0) is 0 Å². The number of thiophene rings is 1. The van der Waals surface area contributed by atoms with Gasteiger partial charge in [-0.25, -0.2) is 9.97 Å². The number of hydrogen-bond donors (Lipinski definition) is 5. The molecule has 0 saturated heterocycles. The van der Waals surface area contributed by atoms with Gasteiger partial charge in [-0.2, -0.15) is 4.98 Å². The molecule has 1 aliphatic rings. The Hall–Kier alpha value is -3.11. The lowest BCUT2D eigenvalue weighted by Gasteiger charge is -2.13. The molecule has 0 spiro atoms. The van der Waals surface area contributed by atoms with Crippen LogP contribution in [0.5, 0.6) is 0 Å². The van der Waals surface area contributed by atoms with Crippen molar-refractivity contribution in [2.24, 2.45) is 0 Å². The van der Waals surface area contributed by atoms with E-state index < -0.39 is 5.91 Å². The number of benzene rings is 1. The number of aromatic nitrogens is 3. The molecule has 0 bridgehead atoms. The maximum absolute atomic E-state index is 12.6. The number of hydrogen-bond acceptors (Lipinski definition) is 9. The number of nitrogens with zero attached hydrogens (tertiary/aromatic N) is 3. The van der Waals surface area contributed by atoms with Crippen LogP contribution in [0.3, 0.4) is 0 Å². The maximum Gasteiger partial charge on any atom is 0.263 e. The van der Waals surface area contributed by atoms with E-state index in [2.05, 4.69) is 45.4 Å². The second-order valence-corrected chi connectivity index (χ2v) is 8.92. The average molecular weight is 502 g/mol. The molecule has 168 valence electrons. The molecule has 3 aromatic heterocycles. The summed E-state index contributed by atoms with van der Waals surface area (Å²) in [4.78, 5) is 38.0. The number of carbonyl (C=O) groups excluding carboxylic acids is 2. The molecular weight excluding hydrogens is 485 g/mol. The lowest BCUT2D eigenvalue weighted by molar-refractivity contribution is 0.0927. The minimum atomic E-state index is -0.395. The number of aliphatic hydroxyl groups is 1. The average Bonchev–Trinajstić information content (AvgIpc) is 3.12. The molecule has 1 aliphatic heterocycles. The SMILES string of the molecule is O=C(NP)c1cnc(Cl)nc1Nc1ccc2c(ccc3sc4c(c32)NC[C@@H](CO)NC4=O)n1. The highest BCUT2D eigenvalue weighted by atomic mass is 35.5. The Labute approximate surface area is 198 Å². The van der Waals surface area contributed by atoms with Gasteiger partial charge in [0.25, 0.3) is 11.8 Å². The summed E-state index contributed by atoms with van der Waals surface area (Å²) in [7, 11) is 2.14. The molecule has 4 heterocycles. The van der Waals surface area contributed by atoms with Gasteiger partial charge >= 0.3 is 0 Å². The standard InChI is InChI=1S/C20H17ClN7O3PS/c21-20-23-6-10(18(30)28-32)17(27-20)26-13-4-1-9-11(25-13)2-3-12-14(9)15-16(33-12)19(31)24-8(7-29)5-22-15/h1-4,6,8,22,29H,5,7,32H2,(H,24,31)(H,28,30)(H,23,25,26,27)/t8-/m0/s1. The highest BCUT2D eigenvalue weighted by molar-refractivity contribution is 7.21. The second kappa shape index (κ2) is 8.68. The first-order valence-electron chi connectivity index (χ1n) is 9.81. The van der Waals surface area contributed by atoms with E-state index in [1.807, 2.05) is 18.2 Å². The Balaban J connectivity index is 1.57. The number of amides is 2. The fraction of sp³-hybridized carbons (Fsp3) is 0.150. The van der Waals surface area contributed by atoms with Gasteiger partial charge in [-0.3, -0.25) is 9.59 Å². The van der Waals surface area contributed by atoms with Crippen LogP contribution in [0.1, 0.15) is 20.0 Å². The zero-order chi connectivity index (χ0) is 23.1. The van der Waals surface area contributed by atoms with Crippen molar-refractivity contribution in [3.05, 3.63) is 46.2 Å². The first kappa shape index (κ1) is 21.7. The lowest BCUT2D eigenvalue weighted by atomic mass is 10.1. The van der Waals surface area contributed by atoms with Crippen molar-refractivity contribution in [1.29, 1.82) is 0 Å². The van der Waals surface area contributed by atoms with Crippen LogP contribution in [0.4, 0.5) is 17.3 Å². The Morgan fingerprint density at radius 3 is 2.94 bits per heavy atom. The molecular formula is C20H17ClN7O3PS. The summed E-state index contributed by atoms with van der Waals surface area (Å²) in [6, 6.07) is 7.09. The Bertz CT molecular complexity index is 1430. The summed E-state index contributed by atoms with van der Waals surface area (Å²) in [6.45, 7) is 0.270. The number of nitrogens with one attached hydrogen (secondary N) is 4. The summed E-state index contributed by atoms with van der Waals surface area (Å²) in [5.41, 5.74) is 1.64. The predicted octanol–water partition coefficient (Wildman–Crippen LogP) is 2.67. The van der Waals surface area contributed by atoms with Crippen LogP contribution in [0.25, 0.3) is 21.0 Å². The molecule has 13 heteroatoms. The quantitative estimate of drug-likeness (QED) is 0.212. The van der Waals surface area contributed by atoms with E-state index in [0.717, 1.165) is 21.2 Å². The van der Waals surface area contributed by atoms with Crippen LogP contribution >= 0.6 is 32.3 Å². The number of halogens is 1. The van der Waals surface area contributed by atoms with E-state index in [9.17, 15) is 14.7 Å². The topological polar surface area (TPSA) is 141 Å². The van der Waals surface area contributed by atoms with Crippen molar-refractivity contribution < 1.29 is 14.7 Å². The molecule has 2 amide bonds. The van der Waals surface area contributed by atoms with E-state index in [4.69, 9.17) is 11.6 Å². The first-order valence-corrected chi connectivity index (χ1v) is 11.6. The first-order chi connectivity index (χ1) is 16.0. The molecule has 0 radical (unpaired) electrons. The normalized spacial score (nSPS) is 15.5. The molecule has 5 rings (SSSR count). The van der Waals surface area contributed by atoms with E-state index in [1.165, 1.54) is 17.5 Å². The largest absolute Gasteiger partial charge is 0.394 e. The highest BCUT2D eigenvalue weighted by Gasteiger charge is 2.26. The van der Waals surface area contributed by atoms with Gasteiger partial charge in [0.2, 0.25) is 5.28 Å². The Kier molecular flexibility index (Phi) is 5.71. The van der Waals surface area contributed by atoms with Crippen molar-refractivity contribution in [3.63, 3.8) is 0 Å². The molecule has 2 atom stereocenters. The third-order valence-electron chi connectivity index (χ3n) is 5.19. The molecule has 0 saturated carbocycles. The fourth-order valence-corrected chi connectivity index (χ4v) is 5.04. The molecule has 33 heavy (non-hydrogen) atoms. The van der Waals surface area contributed by atoms with Crippen molar-refractivity contribution in [2.75, 3.05) is 23.8 Å². The molecule has 10 nitrogen and oxygen atoms in total. The molecule has 0 fully saturated rings. The van der Waals surface area contributed by atoms with Gasteiger partial charge in [0.15, 0.2) is 0 Å². The Morgan fingerprint density at radius 2 is 2.15 bits per heavy atom. The van der Waals surface area contributed by atoms with Gasteiger partial charge in [0, 0.05) is 28.2 Å². The van der Waals surface area contributed by atoms with Crippen LogP contribution in [-0.4, -0.2) is 51.1 Å². The number of anilines is 3. The lowest BCUT2D eigenvalue weighted by Crippen LogP contribution is -2.39. The van der Waals surface area contributed by atoms with Gasteiger partial charge in [0.05, 0.1) is 23.9 Å². The van der Waals surface area contributed by atoms with Crippen molar-refractivity contribution in [1.82, 2.24) is 25.4 Å². The summed E-state index contributed by atoms with van der Waals surface area (Å²) in [5.74, 6) is 0.0748. The molecule has 1 unspecified atom stereocenters. The number of pyridine rings is 1. The van der Waals surface area contributed by atoms with Crippen LogP contribution in [0.15, 0.2) is 30.5 Å². The highest BCUT2D eigenvalue weighted by Crippen LogP contribution is 2.41. The number of fused-ring (bicyclic) bond motifs is 5. The van der Waals surface area contributed by atoms with E-state index in [1.54, 1.807) is 6.07 Å². The molecule has 1 aromatic carbocycles. The van der Waals surface area contributed by atoms with Crippen LogP contribution in [0.2, 0.25) is 5.28 Å². The third-order valence-corrected chi connectivity index (χ3v) is 6.79. The van der Waals surface area contributed by atoms with Crippen molar-refractivity contribution in [3.8, 4) is 0 Å². The second-order valence-electron chi connectivity index (χ2n) is 7.24. The predicted molar refractivity (Wildman–Crippen MR) is 131 cm³/mol. The van der Waals surface area contributed by atoms with Crippen molar-refractivity contribution in [2.45, 2.75) is 6.04 Å². The zero-order valence-electron chi connectivity index (χ0n) is 16.8. The Morgan fingerprint density at radius 1 is 1.30 bits per heavy atom. The third kappa shape index (κ3) is 3.93. The fourth-order valence-electron chi connectivity index (χ4n) is 3.66. The van der Waals surface area contributed by atoms with Gasteiger partial charge in [0.1, 0.15) is 22.1 Å². The van der Waals surface area contributed by atoms with E-state index in [0.29, 0.717) is 22.8 Å². The smallest absolute Gasteiger partial charge is 0.263 e. The number of rotatable bonds is 4. The minimum Gasteiger partial charge on any atom is -0.394 e. The molecule has 0 aliphatic carbocycles. The zero-order valence-corrected chi connectivity index (χ0v) is 19.6. The summed E-state index contributed by atoms with van der Waals surface area (Å²) in [5, 5.41) is 22.8. The van der Waals surface area contributed by atoms with Crippen molar-refractivity contribution >= 4 is 82.5 Å². The van der Waals surface area contributed by atoms with Gasteiger partial charge in [-0.1, -0.05) is 0 Å².